The number of nitrogens with one attached hydrogen (secondary N) is 1. The molecule has 5 rings (SSSR count). The Balaban J connectivity index is 1.31. The van der Waals surface area contributed by atoms with Crippen LogP contribution in [0.3, 0.4) is 0 Å². The molecule has 36 heavy (non-hydrogen) atoms. The molecule has 3 aliphatic rings. The Morgan fingerprint density at radius 2 is 1.81 bits per heavy atom. The lowest BCUT2D eigenvalue weighted by atomic mass is 9.85. The van der Waals surface area contributed by atoms with Crippen LogP contribution < -0.4 is 11.1 Å². The average Bonchev–Trinajstić information content (AvgIpc) is 3.52. The van der Waals surface area contributed by atoms with Gasteiger partial charge < -0.3 is 20.5 Å². The van der Waals surface area contributed by atoms with E-state index in [1.54, 1.807) is 23.0 Å². The molecule has 1 aromatic heterocycles. The molecule has 0 radical (unpaired) electrons. The number of ether oxygens (including phenoxy) is 2. The number of carbonyl (C=O) groups excluding carboxylic acids is 1. The molecule has 11 nitrogen and oxygen atoms in total. The van der Waals surface area contributed by atoms with Gasteiger partial charge in [-0.05, 0) is 37.1 Å². The SMILES string of the molecule is N#CC1CCCCC1n1cc(C(N)=O)c(Nc2ccc(S(=O)(=O)N3CCC4(CC3)OCCO4)cc2)n1. The first-order valence-corrected chi connectivity index (χ1v) is 13.7. The highest BCUT2D eigenvalue weighted by atomic mass is 32.2. The first kappa shape index (κ1) is 24.7. The summed E-state index contributed by atoms with van der Waals surface area (Å²) >= 11 is 0. The van der Waals surface area contributed by atoms with Gasteiger partial charge in [-0.2, -0.15) is 14.7 Å². The summed E-state index contributed by atoms with van der Waals surface area (Å²) in [5, 5.41) is 17.1. The predicted molar refractivity (Wildman–Crippen MR) is 130 cm³/mol. The van der Waals surface area contributed by atoms with E-state index in [1.165, 1.54) is 16.4 Å². The van der Waals surface area contributed by atoms with Crippen LogP contribution >= 0.6 is 0 Å². The smallest absolute Gasteiger partial charge is 0.254 e. The molecule has 1 aliphatic carbocycles. The van der Waals surface area contributed by atoms with Crippen molar-refractivity contribution in [3.8, 4) is 6.07 Å². The van der Waals surface area contributed by atoms with Gasteiger partial charge >= 0.3 is 0 Å². The molecule has 192 valence electrons. The van der Waals surface area contributed by atoms with Crippen molar-refractivity contribution < 1.29 is 22.7 Å². The van der Waals surface area contributed by atoms with Crippen LogP contribution in [0.5, 0.6) is 0 Å². The Morgan fingerprint density at radius 3 is 2.44 bits per heavy atom. The van der Waals surface area contributed by atoms with E-state index in [2.05, 4.69) is 16.5 Å². The average molecular weight is 515 g/mol. The molecular formula is C24H30N6O5S. The molecule has 2 aromatic rings. The number of hydrogen-bond donors (Lipinski definition) is 2. The number of piperidine rings is 1. The fourth-order valence-corrected chi connectivity index (χ4v) is 6.70. The van der Waals surface area contributed by atoms with Crippen LogP contribution in [0, 0.1) is 17.2 Å². The summed E-state index contributed by atoms with van der Waals surface area (Å²) in [4.78, 5) is 12.3. The molecule has 1 spiro atoms. The maximum absolute atomic E-state index is 13.2. The highest BCUT2D eigenvalue weighted by Crippen LogP contribution is 2.35. The Hall–Kier alpha value is -2.98. The Bertz CT molecular complexity index is 1250. The van der Waals surface area contributed by atoms with E-state index in [0.717, 1.165) is 25.7 Å². The molecule has 3 heterocycles. The molecule has 1 amide bonds. The summed E-state index contributed by atoms with van der Waals surface area (Å²) in [6.45, 7) is 1.73. The number of benzene rings is 1. The largest absolute Gasteiger partial charge is 0.365 e. The zero-order valence-electron chi connectivity index (χ0n) is 19.9. The molecular weight excluding hydrogens is 484 g/mol. The Labute approximate surface area is 210 Å². The van der Waals surface area contributed by atoms with Crippen molar-refractivity contribution in [3.05, 3.63) is 36.0 Å². The van der Waals surface area contributed by atoms with Gasteiger partial charge in [-0.3, -0.25) is 9.48 Å². The fraction of sp³-hybridized carbons (Fsp3) is 0.542. The molecule has 3 N–H and O–H groups in total. The van der Waals surface area contributed by atoms with E-state index in [-0.39, 0.29) is 28.2 Å². The van der Waals surface area contributed by atoms with E-state index < -0.39 is 21.7 Å². The highest BCUT2D eigenvalue weighted by molar-refractivity contribution is 7.89. The van der Waals surface area contributed by atoms with E-state index in [0.29, 0.717) is 44.8 Å². The minimum absolute atomic E-state index is 0.117. The van der Waals surface area contributed by atoms with Crippen LogP contribution in [0.1, 0.15) is 54.9 Å². The topological polar surface area (TPSA) is 153 Å². The second-order valence-corrected chi connectivity index (χ2v) is 11.4. The van der Waals surface area contributed by atoms with E-state index in [9.17, 15) is 18.5 Å². The van der Waals surface area contributed by atoms with Gasteiger partial charge in [0.1, 0.15) is 5.56 Å². The van der Waals surface area contributed by atoms with Crippen LogP contribution in [-0.2, 0) is 19.5 Å². The third kappa shape index (κ3) is 4.71. The second kappa shape index (κ2) is 9.82. The molecule has 2 unspecified atom stereocenters. The third-order valence-corrected chi connectivity index (χ3v) is 9.20. The monoisotopic (exact) mass is 514 g/mol. The summed E-state index contributed by atoms with van der Waals surface area (Å²) in [6.07, 6.45) is 6.18. The number of hydrogen-bond acceptors (Lipinski definition) is 8. The van der Waals surface area contributed by atoms with Gasteiger partial charge in [0.25, 0.3) is 5.91 Å². The lowest BCUT2D eigenvalue weighted by Crippen LogP contribution is -2.47. The predicted octanol–water partition coefficient (Wildman–Crippen LogP) is 2.51. The molecule has 2 aliphatic heterocycles. The minimum Gasteiger partial charge on any atom is -0.365 e. The first-order valence-electron chi connectivity index (χ1n) is 12.3. The summed E-state index contributed by atoms with van der Waals surface area (Å²) in [5.74, 6) is -1.18. The quantitative estimate of drug-likeness (QED) is 0.596. The molecule has 12 heteroatoms. The maximum atomic E-state index is 13.2. The zero-order valence-corrected chi connectivity index (χ0v) is 20.7. The number of primary amides is 1. The zero-order chi connectivity index (χ0) is 25.3. The number of carbonyl (C=O) groups is 1. The molecule has 2 atom stereocenters. The lowest BCUT2D eigenvalue weighted by molar-refractivity contribution is -0.179. The number of nitrogens with zero attached hydrogens (tertiary/aromatic N) is 4. The van der Waals surface area contributed by atoms with Crippen molar-refractivity contribution in [2.75, 3.05) is 31.6 Å². The molecule has 2 saturated heterocycles. The summed E-state index contributed by atoms with van der Waals surface area (Å²) < 4.78 is 40.8. The van der Waals surface area contributed by atoms with E-state index >= 15 is 0 Å². The van der Waals surface area contributed by atoms with Gasteiger partial charge in [-0.25, -0.2) is 8.42 Å². The lowest BCUT2D eigenvalue weighted by Gasteiger charge is -2.36. The number of rotatable bonds is 6. The van der Waals surface area contributed by atoms with Crippen LogP contribution in [0.4, 0.5) is 11.5 Å². The third-order valence-electron chi connectivity index (χ3n) is 7.29. The molecule has 0 bridgehead atoms. The van der Waals surface area contributed by atoms with Gasteiger partial charge in [0.2, 0.25) is 10.0 Å². The van der Waals surface area contributed by atoms with Crippen LogP contribution in [0.25, 0.3) is 0 Å². The second-order valence-electron chi connectivity index (χ2n) is 9.48. The fourth-order valence-electron chi connectivity index (χ4n) is 5.26. The van der Waals surface area contributed by atoms with E-state index in [4.69, 9.17) is 15.2 Å². The van der Waals surface area contributed by atoms with Crippen LogP contribution in [0.2, 0.25) is 0 Å². The van der Waals surface area contributed by atoms with Crippen LogP contribution in [0.15, 0.2) is 35.4 Å². The van der Waals surface area contributed by atoms with Gasteiger partial charge in [0.05, 0.1) is 36.1 Å². The number of anilines is 2. The van der Waals surface area contributed by atoms with Crippen LogP contribution in [-0.4, -0.2) is 60.5 Å². The van der Waals surface area contributed by atoms with Gasteiger partial charge in [0.15, 0.2) is 11.6 Å². The highest BCUT2D eigenvalue weighted by Gasteiger charge is 2.42. The normalized spacial score (nSPS) is 24.4. The summed E-state index contributed by atoms with van der Waals surface area (Å²) in [7, 11) is -3.67. The van der Waals surface area contributed by atoms with Crippen molar-refractivity contribution in [1.29, 1.82) is 5.26 Å². The first-order chi connectivity index (χ1) is 17.3. The molecule has 1 aromatic carbocycles. The van der Waals surface area contributed by atoms with Crippen molar-refractivity contribution in [2.45, 2.75) is 55.2 Å². The van der Waals surface area contributed by atoms with Crippen molar-refractivity contribution in [1.82, 2.24) is 14.1 Å². The summed E-state index contributed by atoms with van der Waals surface area (Å²) in [5.41, 5.74) is 6.36. The van der Waals surface area contributed by atoms with Gasteiger partial charge in [0, 0.05) is 37.8 Å². The number of aromatic nitrogens is 2. The van der Waals surface area contributed by atoms with Gasteiger partial charge in [-0.15, -0.1) is 0 Å². The van der Waals surface area contributed by atoms with Crippen molar-refractivity contribution in [2.24, 2.45) is 11.7 Å². The Morgan fingerprint density at radius 1 is 1.14 bits per heavy atom. The minimum atomic E-state index is -3.67. The number of nitrogens with two attached hydrogens (primary N) is 1. The number of sulfonamides is 1. The van der Waals surface area contributed by atoms with E-state index in [1.807, 2.05) is 0 Å². The summed E-state index contributed by atoms with van der Waals surface area (Å²) in [6, 6.07) is 8.54. The number of nitriles is 1. The molecule has 3 fully saturated rings. The standard InChI is InChI=1S/C24H30N6O5S/c25-15-17-3-1-2-4-21(17)30-16-20(22(26)31)23(28-30)27-18-5-7-19(8-6-18)36(32,33)29-11-9-24(10-12-29)34-13-14-35-24/h5-8,16-17,21H,1-4,9-14H2,(H2,26,31)(H,27,28). The van der Waals surface area contributed by atoms with Crippen molar-refractivity contribution in [3.63, 3.8) is 0 Å². The molecule has 1 saturated carbocycles. The maximum Gasteiger partial charge on any atom is 0.254 e. The van der Waals surface area contributed by atoms with Gasteiger partial charge in [-0.1, -0.05) is 12.8 Å². The Kier molecular flexibility index (Phi) is 6.74. The van der Waals surface area contributed by atoms with Crippen molar-refractivity contribution >= 4 is 27.4 Å². The number of amides is 1.